The van der Waals surface area contributed by atoms with Gasteiger partial charge in [0.05, 0.1) is 18.8 Å². The van der Waals surface area contributed by atoms with Crippen LogP contribution in [0.3, 0.4) is 0 Å². The zero-order valence-electron chi connectivity index (χ0n) is 17.2. The topological polar surface area (TPSA) is 64.1 Å². The third kappa shape index (κ3) is 10.6. The lowest BCUT2D eigenvalue weighted by molar-refractivity contribution is 0.0168. The molecule has 1 fully saturated rings. The van der Waals surface area contributed by atoms with Crippen molar-refractivity contribution in [2.45, 2.75) is 44.8 Å². The number of guanidine groups is 1. The van der Waals surface area contributed by atoms with Crippen LogP contribution in [-0.4, -0.2) is 58.6 Å². The largest absolute Gasteiger partial charge is 0.379 e. The number of hydrogen-bond acceptors (Lipinski definition) is 4. The third-order valence-corrected chi connectivity index (χ3v) is 4.56. The Kier molecular flexibility index (Phi) is 14.3. The van der Waals surface area contributed by atoms with Crippen LogP contribution in [0.25, 0.3) is 0 Å². The van der Waals surface area contributed by atoms with E-state index in [1.165, 1.54) is 5.56 Å². The first-order chi connectivity index (χ1) is 13.3. The Labute approximate surface area is 186 Å². The molecule has 2 unspecified atom stereocenters. The van der Waals surface area contributed by atoms with Gasteiger partial charge in [-0.05, 0) is 38.2 Å². The van der Waals surface area contributed by atoms with E-state index in [4.69, 9.17) is 14.2 Å². The predicted octanol–water partition coefficient (Wildman–Crippen LogP) is 3.52. The maximum absolute atomic E-state index is 5.88. The highest BCUT2D eigenvalue weighted by molar-refractivity contribution is 14.0. The molecule has 1 heterocycles. The minimum atomic E-state index is 0. The molecular formula is C21H36IN3O3. The van der Waals surface area contributed by atoms with E-state index < -0.39 is 0 Å². The van der Waals surface area contributed by atoms with Gasteiger partial charge in [0.15, 0.2) is 5.96 Å². The molecule has 6 nitrogen and oxygen atoms in total. The van der Waals surface area contributed by atoms with E-state index in [1.807, 2.05) is 18.2 Å². The number of rotatable bonds is 12. The van der Waals surface area contributed by atoms with Crippen molar-refractivity contribution in [1.29, 1.82) is 0 Å². The highest BCUT2D eigenvalue weighted by Gasteiger charge is 2.14. The molecule has 1 aliphatic rings. The number of halogens is 1. The predicted molar refractivity (Wildman–Crippen MR) is 125 cm³/mol. The van der Waals surface area contributed by atoms with Gasteiger partial charge in [-0.15, -0.1) is 24.0 Å². The minimum absolute atomic E-state index is 0. The van der Waals surface area contributed by atoms with Gasteiger partial charge in [0.2, 0.25) is 0 Å². The average molecular weight is 505 g/mol. The Morgan fingerprint density at radius 3 is 2.54 bits per heavy atom. The van der Waals surface area contributed by atoms with Crippen LogP contribution >= 0.6 is 24.0 Å². The van der Waals surface area contributed by atoms with Gasteiger partial charge in [0.25, 0.3) is 0 Å². The monoisotopic (exact) mass is 505 g/mol. The molecule has 0 spiro atoms. The quantitative estimate of drug-likeness (QED) is 0.197. The van der Waals surface area contributed by atoms with Crippen molar-refractivity contribution in [2.75, 3.05) is 46.6 Å². The Bertz CT molecular complexity index is 525. The lowest BCUT2D eigenvalue weighted by atomic mass is 10.1. The molecule has 0 amide bonds. The van der Waals surface area contributed by atoms with Gasteiger partial charge in [-0.1, -0.05) is 30.3 Å². The molecule has 0 saturated carbocycles. The Morgan fingerprint density at radius 2 is 1.89 bits per heavy atom. The summed E-state index contributed by atoms with van der Waals surface area (Å²) in [6.45, 7) is 6.82. The molecular weight excluding hydrogens is 469 g/mol. The molecule has 2 atom stereocenters. The van der Waals surface area contributed by atoms with Crippen molar-refractivity contribution in [3.63, 3.8) is 0 Å². The summed E-state index contributed by atoms with van der Waals surface area (Å²) in [5.74, 6) is 0.824. The normalized spacial score (nSPS) is 17.8. The van der Waals surface area contributed by atoms with Crippen LogP contribution in [0.15, 0.2) is 35.3 Å². The molecule has 28 heavy (non-hydrogen) atoms. The second-order valence-corrected chi connectivity index (χ2v) is 6.77. The van der Waals surface area contributed by atoms with Gasteiger partial charge in [0, 0.05) is 40.0 Å². The fraction of sp³-hybridized carbons (Fsp3) is 0.667. The van der Waals surface area contributed by atoms with Gasteiger partial charge in [-0.3, -0.25) is 4.99 Å². The molecule has 0 aliphatic carbocycles. The third-order valence-electron chi connectivity index (χ3n) is 4.56. The summed E-state index contributed by atoms with van der Waals surface area (Å²) < 4.78 is 17.1. The van der Waals surface area contributed by atoms with Crippen LogP contribution < -0.4 is 10.6 Å². The van der Waals surface area contributed by atoms with Gasteiger partial charge in [0.1, 0.15) is 0 Å². The summed E-state index contributed by atoms with van der Waals surface area (Å²) in [6.07, 6.45) is 4.60. The number of aliphatic imine (C=N–C) groups is 1. The van der Waals surface area contributed by atoms with E-state index in [9.17, 15) is 0 Å². The molecule has 2 N–H and O–H groups in total. The van der Waals surface area contributed by atoms with Crippen molar-refractivity contribution in [3.8, 4) is 0 Å². The standard InChI is InChI=1S/C21H35N3O3.HI/c1-18(19-9-4-3-5-10-19)26-16-8-13-24-21(22-2)23-12-7-14-25-17-20-11-6-15-27-20;/h3-5,9-10,18,20H,6-8,11-17H2,1-2H3,(H2,22,23,24);1H. The SMILES string of the molecule is CN=C(NCCCOCC1CCCO1)NCCCOC(C)c1ccccc1.I. The van der Waals surface area contributed by atoms with Gasteiger partial charge >= 0.3 is 0 Å². The van der Waals surface area contributed by atoms with Crippen LogP contribution in [0.5, 0.6) is 0 Å². The summed E-state index contributed by atoms with van der Waals surface area (Å²) in [5, 5.41) is 6.63. The van der Waals surface area contributed by atoms with E-state index in [0.29, 0.717) is 12.7 Å². The first-order valence-electron chi connectivity index (χ1n) is 10.1. The smallest absolute Gasteiger partial charge is 0.190 e. The van der Waals surface area contributed by atoms with Crippen molar-refractivity contribution >= 4 is 29.9 Å². The first kappa shape index (κ1) is 25.1. The second kappa shape index (κ2) is 16.0. The second-order valence-electron chi connectivity index (χ2n) is 6.77. The van der Waals surface area contributed by atoms with E-state index in [2.05, 4.69) is 34.7 Å². The molecule has 1 saturated heterocycles. The highest BCUT2D eigenvalue weighted by Crippen LogP contribution is 2.15. The Balaban J connectivity index is 0.00000392. The summed E-state index contributed by atoms with van der Waals surface area (Å²) in [7, 11) is 1.79. The molecule has 2 rings (SSSR count). The van der Waals surface area contributed by atoms with Crippen LogP contribution in [0.2, 0.25) is 0 Å². The van der Waals surface area contributed by atoms with Crippen molar-refractivity contribution in [1.82, 2.24) is 10.6 Å². The molecule has 1 aliphatic heterocycles. The molecule has 7 heteroatoms. The fourth-order valence-corrected chi connectivity index (χ4v) is 2.95. The first-order valence-corrected chi connectivity index (χ1v) is 10.1. The Hall–Kier alpha value is -0.900. The van der Waals surface area contributed by atoms with Crippen LogP contribution in [-0.2, 0) is 14.2 Å². The summed E-state index contributed by atoms with van der Waals surface area (Å²) in [4.78, 5) is 4.24. The number of hydrogen-bond donors (Lipinski definition) is 2. The number of nitrogens with one attached hydrogen (secondary N) is 2. The molecule has 0 aromatic heterocycles. The van der Waals surface area contributed by atoms with Crippen LogP contribution in [0, 0.1) is 0 Å². The van der Waals surface area contributed by atoms with Crippen LogP contribution in [0.1, 0.15) is 44.3 Å². The number of nitrogens with zero attached hydrogens (tertiary/aromatic N) is 1. The van der Waals surface area contributed by atoms with Crippen molar-refractivity contribution in [3.05, 3.63) is 35.9 Å². The molecule has 1 aromatic carbocycles. The number of benzene rings is 1. The highest BCUT2D eigenvalue weighted by atomic mass is 127. The van der Waals surface area contributed by atoms with E-state index in [0.717, 1.165) is 64.6 Å². The lowest BCUT2D eigenvalue weighted by Gasteiger charge is -2.15. The molecule has 160 valence electrons. The zero-order chi connectivity index (χ0) is 19.2. The minimum Gasteiger partial charge on any atom is -0.379 e. The zero-order valence-corrected chi connectivity index (χ0v) is 19.5. The van der Waals surface area contributed by atoms with Gasteiger partial charge in [-0.25, -0.2) is 0 Å². The van der Waals surface area contributed by atoms with E-state index in [1.54, 1.807) is 7.05 Å². The van der Waals surface area contributed by atoms with Crippen molar-refractivity contribution < 1.29 is 14.2 Å². The van der Waals surface area contributed by atoms with Gasteiger partial charge < -0.3 is 24.8 Å². The maximum Gasteiger partial charge on any atom is 0.190 e. The molecule has 0 radical (unpaired) electrons. The van der Waals surface area contributed by atoms with Crippen molar-refractivity contribution in [2.24, 2.45) is 4.99 Å². The molecule has 1 aromatic rings. The lowest BCUT2D eigenvalue weighted by Crippen LogP contribution is -2.38. The summed E-state index contributed by atoms with van der Waals surface area (Å²) in [5.41, 5.74) is 1.21. The van der Waals surface area contributed by atoms with Gasteiger partial charge in [-0.2, -0.15) is 0 Å². The van der Waals surface area contributed by atoms with E-state index in [-0.39, 0.29) is 30.1 Å². The summed E-state index contributed by atoms with van der Waals surface area (Å²) in [6, 6.07) is 10.3. The molecule has 0 bridgehead atoms. The van der Waals surface area contributed by atoms with Crippen LogP contribution in [0.4, 0.5) is 0 Å². The average Bonchev–Trinajstić information content (AvgIpc) is 3.22. The summed E-state index contributed by atoms with van der Waals surface area (Å²) >= 11 is 0. The number of ether oxygens (including phenoxy) is 3. The maximum atomic E-state index is 5.88. The van der Waals surface area contributed by atoms with E-state index >= 15 is 0 Å². The Morgan fingerprint density at radius 1 is 1.18 bits per heavy atom. The fourth-order valence-electron chi connectivity index (χ4n) is 2.95.